The highest BCUT2D eigenvalue weighted by molar-refractivity contribution is 7.99. The average Bonchev–Trinajstić information content (AvgIpc) is 4.47. The normalized spacial score (nSPS) is 14.3. The van der Waals surface area contributed by atoms with Crippen LogP contribution in [0, 0.1) is 0 Å². The summed E-state index contributed by atoms with van der Waals surface area (Å²) in [7, 11) is 0. The summed E-state index contributed by atoms with van der Waals surface area (Å²) in [5.74, 6) is 0. The topological polar surface area (TPSA) is 32.8 Å². The zero-order chi connectivity index (χ0) is 51.1. The Bertz CT molecular complexity index is 4300. The van der Waals surface area contributed by atoms with Crippen LogP contribution in [0.1, 0.15) is 43.1 Å². The molecule has 4 nitrogen and oxygen atoms in total. The smallest absolute Gasteiger partial charge is 0.137 e. The first-order chi connectivity index (χ1) is 38.7. The molecule has 8 heteroatoms. The van der Waals surface area contributed by atoms with Crippen LogP contribution in [-0.4, -0.2) is 0 Å². The lowest BCUT2D eigenvalue weighted by atomic mass is 9.55. The van der Waals surface area contributed by atoms with Crippen molar-refractivity contribution in [3.8, 4) is 0 Å². The van der Waals surface area contributed by atoms with Crippen molar-refractivity contribution in [2.75, 3.05) is 9.80 Å². The van der Waals surface area contributed by atoms with Crippen molar-refractivity contribution in [3.05, 3.63) is 298 Å². The SMILES string of the molecule is c1ccc(N(c2cc3c(s2)C2(c4ccccc4Sc4ccccc42)c2cc(N(c4ccccc4)c4cccc5oc6ccccc6c45)sc2C32c3ccccc3Sc3ccccc32)c2cccc3oc4ccccc4c23)cc1. The predicted octanol–water partition coefficient (Wildman–Crippen LogP) is 20.6. The molecule has 3 aliphatic rings. The third-order valence-electron chi connectivity index (χ3n) is 16.2. The summed E-state index contributed by atoms with van der Waals surface area (Å²) in [5.41, 5.74) is 14.0. The Kier molecular flexibility index (Phi) is 9.72. The molecule has 6 heterocycles. The van der Waals surface area contributed by atoms with E-state index in [4.69, 9.17) is 8.83 Å². The van der Waals surface area contributed by atoms with Crippen molar-refractivity contribution in [1.82, 2.24) is 0 Å². The van der Waals surface area contributed by atoms with Crippen LogP contribution in [0.2, 0.25) is 0 Å². The monoisotopic (exact) mass is 1070 g/mol. The third-order valence-corrected chi connectivity index (χ3v) is 21.0. The minimum absolute atomic E-state index is 0.756. The van der Waals surface area contributed by atoms with Gasteiger partial charge in [0.2, 0.25) is 0 Å². The second-order valence-electron chi connectivity index (χ2n) is 20.2. The van der Waals surface area contributed by atoms with Gasteiger partial charge >= 0.3 is 0 Å². The van der Waals surface area contributed by atoms with Crippen LogP contribution in [0.25, 0.3) is 43.9 Å². The maximum Gasteiger partial charge on any atom is 0.137 e. The van der Waals surface area contributed by atoms with Crippen molar-refractivity contribution >= 4 is 123 Å². The van der Waals surface area contributed by atoms with Crippen molar-refractivity contribution in [3.63, 3.8) is 0 Å². The second kappa shape index (κ2) is 17.0. The zero-order valence-corrected chi connectivity index (χ0v) is 44.9. The van der Waals surface area contributed by atoms with Gasteiger partial charge in [-0.15, -0.1) is 22.7 Å². The highest BCUT2D eigenvalue weighted by atomic mass is 32.2. The van der Waals surface area contributed by atoms with Crippen molar-refractivity contribution in [1.29, 1.82) is 0 Å². The summed E-state index contributed by atoms with van der Waals surface area (Å²) < 4.78 is 13.3. The van der Waals surface area contributed by atoms with Gasteiger partial charge in [-0.25, -0.2) is 0 Å². The van der Waals surface area contributed by atoms with Gasteiger partial charge in [-0.1, -0.05) is 181 Å². The summed E-state index contributed by atoms with van der Waals surface area (Å²) in [5, 5.41) is 6.62. The van der Waals surface area contributed by atoms with E-state index < -0.39 is 10.8 Å². The minimum Gasteiger partial charge on any atom is -0.456 e. The maximum absolute atomic E-state index is 6.66. The highest BCUT2D eigenvalue weighted by Crippen LogP contribution is 2.71. The van der Waals surface area contributed by atoms with E-state index in [1.807, 2.05) is 46.2 Å². The van der Waals surface area contributed by atoms with E-state index >= 15 is 0 Å². The Balaban J connectivity index is 1.05. The molecule has 78 heavy (non-hydrogen) atoms. The molecule has 0 saturated heterocycles. The molecular weight excluding hydrogens is 1030 g/mol. The van der Waals surface area contributed by atoms with E-state index in [0.717, 1.165) is 76.6 Å². The van der Waals surface area contributed by atoms with E-state index in [9.17, 15) is 0 Å². The van der Waals surface area contributed by atoms with Gasteiger partial charge in [0.05, 0.1) is 33.0 Å². The summed E-state index contributed by atoms with van der Waals surface area (Å²) in [6, 6.07) is 93.9. The molecule has 0 unspecified atom stereocenters. The lowest BCUT2D eigenvalue weighted by molar-refractivity contribution is 0.609. The van der Waals surface area contributed by atoms with Crippen LogP contribution in [0.5, 0.6) is 0 Å². The van der Waals surface area contributed by atoms with Gasteiger partial charge in [-0.3, -0.25) is 0 Å². The van der Waals surface area contributed by atoms with E-state index in [0.29, 0.717) is 0 Å². The first-order valence-electron chi connectivity index (χ1n) is 26.2. The lowest BCUT2D eigenvalue weighted by Gasteiger charge is -2.51. The lowest BCUT2D eigenvalue weighted by Crippen LogP contribution is -2.45. The molecule has 0 atom stereocenters. The Hall–Kier alpha value is -8.50. The third kappa shape index (κ3) is 6.08. The fraction of sp³-hybridized carbons (Fsp3) is 0.0286. The molecule has 0 bridgehead atoms. The van der Waals surface area contributed by atoms with Gasteiger partial charge < -0.3 is 18.6 Å². The number of para-hydroxylation sites is 4. The molecule has 368 valence electrons. The zero-order valence-electron chi connectivity index (χ0n) is 41.6. The number of furan rings is 2. The summed E-state index contributed by atoms with van der Waals surface area (Å²) in [4.78, 5) is 12.7. The van der Waals surface area contributed by atoms with Gasteiger partial charge in [0.25, 0.3) is 0 Å². The molecule has 0 fully saturated rings. The fourth-order valence-electron chi connectivity index (χ4n) is 13.2. The number of nitrogens with zero attached hydrogens (tertiary/aromatic N) is 2. The molecule has 0 N–H and O–H groups in total. The number of hydrogen-bond donors (Lipinski definition) is 0. The molecule has 10 aromatic carbocycles. The molecule has 17 rings (SSSR count). The molecule has 14 aromatic rings. The van der Waals surface area contributed by atoms with Crippen molar-refractivity contribution in [2.24, 2.45) is 0 Å². The second-order valence-corrected chi connectivity index (χ2v) is 24.4. The Morgan fingerprint density at radius 1 is 0.295 bits per heavy atom. The molecule has 0 amide bonds. The Labute approximate surface area is 466 Å². The van der Waals surface area contributed by atoms with Crippen LogP contribution in [-0.2, 0) is 10.8 Å². The van der Waals surface area contributed by atoms with Crippen LogP contribution < -0.4 is 9.80 Å². The van der Waals surface area contributed by atoms with Gasteiger partial charge in [0.1, 0.15) is 32.3 Å². The molecule has 2 aliphatic heterocycles. The Morgan fingerprint density at radius 3 is 1.03 bits per heavy atom. The summed E-state index contributed by atoms with van der Waals surface area (Å²) >= 11 is 7.65. The molecule has 0 saturated carbocycles. The van der Waals surface area contributed by atoms with Crippen molar-refractivity contribution < 1.29 is 8.83 Å². The van der Waals surface area contributed by atoms with Crippen LogP contribution in [0.15, 0.2) is 283 Å². The number of rotatable bonds is 6. The Morgan fingerprint density at radius 2 is 0.628 bits per heavy atom. The largest absolute Gasteiger partial charge is 0.456 e. The summed E-state index contributed by atoms with van der Waals surface area (Å²) in [6.45, 7) is 0. The number of thiophene rings is 2. The van der Waals surface area contributed by atoms with Crippen molar-refractivity contribution in [2.45, 2.75) is 30.4 Å². The molecule has 2 spiro atoms. The summed E-state index contributed by atoms with van der Waals surface area (Å²) in [6.07, 6.45) is 0. The number of hydrogen-bond acceptors (Lipinski definition) is 8. The van der Waals surface area contributed by atoms with E-state index in [1.54, 1.807) is 0 Å². The molecule has 0 radical (unpaired) electrons. The fourth-order valence-corrected chi connectivity index (χ4v) is 18.6. The minimum atomic E-state index is -0.756. The molecular formula is C70H42N2O2S4. The highest BCUT2D eigenvalue weighted by Gasteiger charge is 2.60. The number of anilines is 6. The van der Waals surface area contributed by atoms with Gasteiger partial charge in [0.15, 0.2) is 0 Å². The van der Waals surface area contributed by atoms with Crippen LogP contribution >= 0.6 is 46.2 Å². The van der Waals surface area contributed by atoms with Gasteiger partial charge in [-0.2, -0.15) is 0 Å². The van der Waals surface area contributed by atoms with Gasteiger partial charge in [0, 0.05) is 51.5 Å². The van der Waals surface area contributed by atoms with Gasteiger partial charge in [-0.05, 0) is 130 Å². The van der Waals surface area contributed by atoms with E-state index in [-0.39, 0.29) is 0 Å². The molecule has 4 aromatic heterocycles. The van der Waals surface area contributed by atoms with Crippen LogP contribution in [0.4, 0.5) is 32.8 Å². The first kappa shape index (κ1) is 44.6. The maximum atomic E-state index is 6.66. The average molecular weight is 1070 g/mol. The number of benzene rings is 10. The first-order valence-corrected chi connectivity index (χ1v) is 29.5. The quantitative estimate of drug-likeness (QED) is 0.165. The molecule has 1 aliphatic carbocycles. The number of fused-ring (bicyclic) bond motifs is 20. The standard InChI is InChI=1S/C70H42N2O2S4/c1-3-21-43(22-4-1)71(53-31-19-35-57-65(53)45-25-7-13-33-55(45)73-57)63-41-51-67(77-63)70(49-29-11-17-39-61(49)76-62-40-18-12-30-50(62)70)52-42-64(78-68(52)69(51)47-27-9-15-37-59(47)75-60-38-16-10-28-48(60)69)72(44-23-5-2-6-24-44)54-32-20-36-58-66(54)46-26-8-14-34-56(46)74-58/h1-42H. The van der Waals surface area contributed by atoms with Crippen LogP contribution in [0.3, 0.4) is 0 Å². The van der Waals surface area contributed by atoms with E-state index in [1.165, 1.54) is 62.7 Å². The predicted molar refractivity (Wildman–Crippen MR) is 325 cm³/mol. The van der Waals surface area contributed by atoms with E-state index in [2.05, 4.69) is 265 Å².